The maximum absolute atomic E-state index is 14.0. The van der Waals surface area contributed by atoms with Crippen molar-refractivity contribution in [1.82, 2.24) is 16.0 Å². The van der Waals surface area contributed by atoms with Crippen LogP contribution in [0.1, 0.15) is 38.5 Å². The molecule has 6 nitrogen and oxygen atoms in total. The number of hydrogen-bond acceptors (Lipinski definition) is 3. The Bertz CT molecular complexity index is 721. The van der Waals surface area contributed by atoms with Crippen LogP contribution in [0.2, 0.25) is 0 Å². The van der Waals surface area contributed by atoms with E-state index in [-0.39, 0.29) is 17.9 Å². The molecule has 3 rings (SSSR count). The molecule has 0 aromatic heterocycles. The summed E-state index contributed by atoms with van der Waals surface area (Å²) in [6.45, 7) is 2.44. The molecule has 8 heteroatoms. The zero-order chi connectivity index (χ0) is 20.6. The van der Waals surface area contributed by atoms with E-state index in [9.17, 15) is 13.6 Å². The van der Waals surface area contributed by atoms with Crippen molar-refractivity contribution in [2.75, 3.05) is 38.1 Å². The maximum atomic E-state index is 14.0. The van der Waals surface area contributed by atoms with E-state index in [0.29, 0.717) is 37.8 Å². The molecule has 1 saturated carbocycles. The molecule has 0 radical (unpaired) electrons. The third-order valence-electron chi connectivity index (χ3n) is 5.70. The van der Waals surface area contributed by atoms with Crippen LogP contribution in [0, 0.1) is 17.6 Å². The smallest absolute Gasteiger partial charge is 0.223 e. The minimum Gasteiger partial charge on any atom is -0.367 e. The molecule has 1 aliphatic heterocycles. The highest BCUT2D eigenvalue weighted by Gasteiger charge is 2.25. The molecule has 0 bridgehead atoms. The normalized spacial score (nSPS) is 20.6. The van der Waals surface area contributed by atoms with Gasteiger partial charge in [0.25, 0.3) is 0 Å². The number of carbonyl (C=O) groups is 1. The van der Waals surface area contributed by atoms with Gasteiger partial charge in [-0.15, -0.1) is 0 Å². The number of halogens is 2. The molecule has 2 aliphatic rings. The third kappa shape index (κ3) is 6.05. The molecule has 1 unspecified atom stereocenters. The standard InChI is InChI=1S/C21H31F2N5O/c1-24-21(26-11-10-25-20(29)15-5-3-2-4-6-15)27-17-9-12-28(14-17)19-8-7-16(22)13-18(19)23/h7-8,13,15,17H,2-6,9-12,14H2,1H3,(H,25,29)(H2,24,26,27). The number of amides is 1. The van der Waals surface area contributed by atoms with Crippen LogP contribution in [0.25, 0.3) is 0 Å². The molecule has 1 saturated heterocycles. The summed E-state index contributed by atoms with van der Waals surface area (Å²) in [7, 11) is 1.70. The highest BCUT2D eigenvalue weighted by Crippen LogP contribution is 2.24. The van der Waals surface area contributed by atoms with E-state index in [4.69, 9.17) is 0 Å². The molecule has 1 aliphatic carbocycles. The number of nitrogens with zero attached hydrogens (tertiary/aromatic N) is 2. The Morgan fingerprint density at radius 3 is 2.62 bits per heavy atom. The SMILES string of the molecule is CN=C(NCCNC(=O)C1CCCCC1)NC1CCN(c2ccc(F)cc2F)C1. The Balaban J connectivity index is 1.38. The Morgan fingerprint density at radius 2 is 1.90 bits per heavy atom. The number of guanidine groups is 1. The topological polar surface area (TPSA) is 68.8 Å². The molecule has 1 aromatic carbocycles. The summed E-state index contributed by atoms with van der Waals surface area (Å²) in [4.78, 5) is 18.3. The Hall–Kier alpha value is -2.38. The van der Waals surface area contributed by atoms with Gasteiger partial charge in [0.1, 0.15) is 11.6 Å². The molecule has 160 valence electrons. The first kappa shape index (κ1) is 21.3. The van der Waals surface area contributed by atoms with Crippen molar-refractivity contribution in [3.8, 4) is 0 Å². The van der Waals surface area contributed by atoms with Gasteiger partial charge >= 0.3 is 0 Å². The number of anilines is 1. The van der Waals surface area contributed by atoms with Crippen LogP contribution < -0.4 is 20.9 Å². The molecule has 1 atom stereocenters. The number of benzene rings is 1. The molecule has 3 N–H and O–H groups in total. The monoisotopic (exact) mass is 407 g/mol. The zero-order valence-electron chi connectivity index (χ0n) is 17.0. The summed E-state index contributed by atoms with van der Waals surface area (Å²) in [5, 5.41) is 9.55. The average Bonchev–Trinajstić information content (AvgIpc) is 3.18. The maximum Gasteiger partial charge on any atom is 0.223 e. The van der Waals surface area contributed by atoms with E-state index in [0.717, 1.165) is 38.2 Å². The predicted octanol–water partition coefficient (Wildman–Crippen LogP) is 2.41. The second-order valence-corrected chi connectivity index (χ2v) is 7.80. The van der Waals surface area contributed by atoms with Crippen LogP contribution in [-0.2, 0) is 4.79 Å². The van der Waals surface area contributed by atoms with Gasteiger partial charge in [0, 0.05) is 51.3 Å². The fourth-order valence-corrected chi connectivity index (χ4v) is 4.10. The Labute approximate surface area is 171 Å². The highest BCUT2D eigenvalue weighted by atomic mass is 19.1. The van der Waals surface area contributed by atoms with Gasteiger partial charge in [0.15, 0.2) is 5.96 Å². The van der Waals surface area contributed by atoms with E-state index < -0.39 is 11.6 Å². The van der Waals surface area contributed by atoms with Crippen molar-refractivity contribution in [1.29, 1.82) is 0 Å². The summed E-state index contributed by atoms with van der Waals surface area (Å²) in [5.74, 6) is -0.134. The van der Waals surface area contributed by atoms with Gasteiger partial charge in [0.2, 0.25) is 5.91 Å². The lowest BCUT2D eigenvalue weighted by Crippen LogP contribution is -2.47. The minimum absolute atomic E-state index is 0.113. The number of nitrogens with one attached hydrogen (secondary N) is 3. The fourth-order valence-electron chi connectivity index (χ4n) is 4.10. The lowest BCUT2D eigenvalue weighted by molar-refractivity contribution is -0.125. The largest absolute Gasteiger partial charge is 0.367 e. The van der Waals surface area contributed by atoms with E-state index in [1.54, 1.807) is 7.05 Å². The predicted molar refractivity (Wildman–Crippen MR) is 111 cm³/mol. The van der Waals surface area contributed by atoms with E-state index in [1.165, 1.54) is 18.6 Å². The van der Waals surface area contributed by atoms with Crippen LogP contribution in [0.15, 0.2) is 23.2 Å². The molecule has 29 heavy (non-hydrogen) atoms. The lowest BCUT2D eigenvalue weighted by atomic mass is 9.89. The van der Waals surface area contributed by atoms with Crippen LogP contribution in [0.5, 0.6) is 0 Å². The number of carbonyl (C=O) groups excluding carboxylic acids is 1. The van der Waals surface area contributed by atoms with Crippen LogP contribution in [0.4, 0.5) is 14.5 Å². The molecule has 0 spiro atoms. The van der Waals surface area contributed by atoms with Crippen molar-refractivity contribution in [2.24, 2.45) is 10.9 Å². The van der Waals surface area contributed by atoms with Crippen LogP contribution in [-0.4, -0.2) is 51.1 Å². The van der Waals surface area contributed by atoms with Gasteiger partial charge in [-0.05, 0) is 31.4 Å². The van der Waals surface area contributed by atoms with E-state index in [2.05, 4.69) is 20.9 Å². The number of aliphatic imine (C=N–C) groups is 1. The fraction of sp³-hybridized carbons (Fsp3) is 0.619. The quantitative estimate of drug-likeness (QED) is 0.385. The van der Waals surface area contributed by atoms with Crippen molar-refractivity contribution in [3.05, 3.63) is 29.8 Å². The second kappa shape index (κ2) is 10.4. The third-order valence-corrected chi connectivity index (χ3v) is 5.70. The summed E-state index contributed by atoms with van der Waals surface area (Å²) in [5.41, 5.74) is 0.420. The Morgan fingerprint density at radius 1 is 1.14 bits per heavy atom. The summed E-state index contributed by atoms with van der Waals surface area (Å²) < 4.78 is 27.1. The number of rotatable bonds is 6. The van der Waals surface area contributed by atoms with Gasteiger partial charge in [-0.2, -0.15) is 0 Å². The first-order chi connectivity index (χ1) is 14.1. The molecular weight excluding hydrogens is 376 g/mol. The molecular formula is C21H31F2N5O. The van der Waals surface area contributed by atoms with Gasteiger partial charge < -0.3 is 20.9 Å². The Kier molecular flexibility index (Phi) is 7.66. The van der Waals surface area contributed by atoms with Crippen molar-refractivity contribution in [3.63, 3.8) is 0 Å². The van der Waals surface area contributed by atoms with Gasteiger partial charge in [-0.1, -0.05) is 19.3 Å². The zero-order valence-corrected chi connectivity index (χ0v) is 17.0. The highest BCUT2D eigenvalue weighted by molar-refractivity contribution is 5.80. The summed E-state index contributed by atoms with van der Waals surface area (Å²) >= 11 is 0. The number of hydrogen-bond donors (Lipinski definition) is 3. The molecule has 1 amide bonds. The first-order valence-corrected chi connectivity index (χ1v) is 10.5. The van der Waals surface area contributed by atoms with E-state index >= 15 is 0 Å². The molecule has 2 fully saturated rings. The van der Waals surface area contributed by atoms with Crippen LogP contribution in [0.3, 0.4) is 0 Å². The van der Waals surface area contributed by atoms with Gasteiger partial charge in [-0.3, -0.25) is 9.79 Å². The molecule has 1 heterocycles. The second-order valence-electron chi connectivity index (χ2n) is 7.80. The van der Waals surface area contributed by atoms with Crippen molar-refractivity contribution in [2.45, 2.75) is 44.6 Å². The summed E-state index contributed by atoms with van der Waals surface area (Å²) in [6.07, 6.45) is 6.35. The van der Waals surface area contributed by atoms with Gasteiger partial charge in [0.05, 0.1) is 5.69 Å². The molecule has 1 aromatic rings. The van der Waals surface area contributed by atoms with Crippen molar-refractivity contribution < 1.29 is 13.6 Å². The van der Waals surface area contributed by atoms with Crippen molar-refractivity contribution >= 4 is 17.6 Å². The average molecular weight is 408 g/mol. The van der Waals surface area contributed by atoms with Gasteiger partial charge in [-0.25, -0.2) is 8.78 Å². The van der Waals surface area contributed by atoms with Crippen LogP contribution >= 0.6 is 0 Å². The summed E-state index contributed by atoms with van der Waals surface area (Å²) in [6, 6.07) is 3.79. The lowest BCUT2D eigenvalue weighted by Gasteiger charge is -2.22. The first-order valence-electron chi connectivity index (χ1n) is 10.5. The van der Waals surface area contributed by atoms with E-state index in [1.807, 2.05) is 4.90 Å². The minimum atomic E-state index is -0.569.